The van der Waals surface area contributed by atoms with Crippen LogP contribution in [0.25, 0.3) is 0 Å². The normalized spacial score (nSPS) is 21.9. The van der Waals surface area contributed by atoms with E-state index in [0.717, 1.165) is 70.6 Å². The van der Waals surface area contributed by atoms with Gasteiger partial charge in [0.2, 0.25) is 0 Å². The average molecular weight is 965 g/mol. The lowest BCUT2D eigenvalue weighted by molar-refractivity contribution is -0.220. The van der Waals surface area contributed by atoms with Crippen LogP contribution in [0.2, 0.25) is 0 Å². The standard InChI is InChI=1S/C53H89O13P/c1-3-5-7-9-11-13-15-17-19-21-22-23-24-26-27-29-31-33-35-37-39-41-46(54)63-43-45(44-64-67(61,62)66-53-51(59)49(57)48(56)50(58)52(53)60)65-47(55)42-40-38-36-34-32-30-28-25-20-18-16-14-12-10-8-6-4-2/h12,14,18-21,23-24,27-30,33,35,45,48-53,56-60H,3-11,13,15-17,22,25-26,31-32,34,36-44H2,1-2H3,(H,61,62)/b14-12+,20-18+,21-19+,24-23+,29-27+,30-28+,35-33+/t45-,48?,49-,50?,51?,52?,53?/m0/s1. The zero-order chi connectivity index (χ0) is 49.2. The van der Waals surface area contributed by atoms with Crippen LogP contribution in [-0.4, -0.2) is 98.3 Å². The maximum Gasteiger partial charge on any atom is 0.472 e. The smallest absolute Gasteiger partial charge is 0.462 e. The number of hydrogen-bond acceptors (Lipinski definition) is 12. The second kappa shape index (κ2) is 42.0. The van der Waals surface area contributed by atoms with Crippen LogP contribution in [0.4, 0.5) is 0 Å². The zero-order valence-electron chi connectivity index (χ0n) is 40.9. The predicted molar refractivity (Wildman–Crippen MR) is 267 cm³/mol. The van der Waals surface area contributed by atoms with E-state index in [-0.39, 0.29) is 12.8 Å². The Balaban J connectivity index is 2.48. The highest BCUT2D eigenvalue weighted by Crippen LogP contribution is 2.47. The summed E-state index contributed by atoms with van der Waals surface area (Å²) in [4.78, 5) is 35.8. The average Bonchev–Trinajstić information content (AvgIpc) is 3.31. The molecule has 6 unspecified atom stereocenters. The highest BCUT2D eigenvalue weighted by atomic mass is 31.2. The second-order valence-corrected chi connectivity index (χ2v) is 18.7. The highest BCUT2D eigenvalue weighted by Gasteiger charge is 2.51. The van der Waals surface area contributed by atoms with Crippen LogP contribution in [0, 0.1) is 0 Å². The van der Waals surface area contributed by atoms with Gasteiger partial charge in [-0.2, -0.15) is 0 Å². The Kier molecular flexibility index (Phi) is 38.9. The van der Waals surface area contributed by atoms with E-state index in [0.29, 0.717) is 19.3 Å². The third kappa shape index (κ3) is 34.1. The molecule has 0 aromatic heterocycles. The van der Waals surface area contributed by atoms with Crippen LogP contribution in [0.5, 0.6) is 0 Å². The van der Waals surface area contributed by atoms with Gasteiger partial charge in [0.1, 0.15) is 43.2 Å². The van der Waals surface area contributed by atoms with Crippen LogP contribution >= 0.6 is 7.82 Å². The van der Waals surface area contributed by atoms with Crippen LogP contribution in [-0.2, 0) is 32.7 Å². The molecule has 0 bridgehead atoms. The van der Waals surface area contributed by atoms with Gasteiger partial charge in [-0.3, -0.25) is 18.6 Å². The molecule has 1 aliphatic rings. The van der Waals surface area contributed by atoms with Gasteiger partial charge < -0.3 is 39.9 Å². The summed E-state index contributed by atoms with van der Waals surface area (Å²) in [6, 6.07) is 0. The number of carbonyl (C=O) groups is 2. The summed E-state index contributed by atoms with van der Waals surface area (Å²) >= 11 is 0. The number of phosphoric acid groups is 1. The van der Waals surface area contributed by atoms with Crippen molar-refractivity contribution in [3.8, 4) is 0 Å². The molecule has 0 aromatic rings. The van der Waals surface area contributed by atoms with Gasteiger partial charge in [-0.25, -0.2) is 4.57 Å². The summed E-state index contributed by atoms with van der Waals surface area (Å²) in [5.74, 6) is -1.20. The Morgan fingerprint density at radius 2 is 0.821 bits per heavy atom. The van der Waals surface area contributed by atoms with E-state index in [4.69, 9.17) is 18.5 Å². The molecular weight excluding hydrogens is 876 g/mol. The molecule has 1 saturated carbocycles. The van der Waals surface area contributed by atoms with Gasteiger partial charge >= 0.3 is 19.8 Å². The third-order valence-corrected chi connectivity index (χ3v) is 12.2. The maximum atomic E-state index is 12.8. The number of esters is 2. The first-order valence-electron chi connectivity index (χ1n) is 25.4. The molecule has 0 spiro atoms. The predicted octanol–water partition coefficient (Wildman–Crippen LogP) is 10.8. The third-order valence-electron chi connectivity index (χ3n) is 11.2. The summed E-state index contributed by atoms with van der Waals surface area (Å²) in [5, 5.41) is 50.2. The van der Waals surface area contributed by atoms with E-state index in [1.54, 1.807) is 0 Å². The van der Waals surface area contributed by atoms with Crippen molar-refractivity contribution in [1.29, 1.82) is 0 Å². The number of phosphoric ester groups is 1. The van der Waals surface area contributed by atoms with Crippen molar-refractivity contribution >= 4 is 19.8 Å². The molecule has 0 saturated heterocycles. The van der Waals surface area contributed by atoms with Crippen molar-refractivity contribution in [3.05, 3.63) is 85.1 Å². The van der Waals surface area contributed by atoms with Crippen molar-refractivity contribution in [3.63, 3.8) is 0 Å². The molecule has 0 radical (unpaired) electrons. The SMILES string of the molecule is CCCCC/C=C/C/C=C/C/C=C/CCCCCCC(=O)O[C@@H](COC(=O)CCC/C=C/C/C=C/C/C=C/C/C=C/CCCCCCCCC)COP(=O)(O)OC1C(O)C(O)C(O)[C@H](O)C1O. The van der Waals surface area contributed by atoms with E-state index in [2.05, 4.69) is 86.8 Å². The number of rotatable bonds is 41. The largest absolute Gasteiger partial charge is 0.472 e. The minimum Gasteiger partial charge on any atom is -0.462 e. The molecule has 384 valence electrons. The van der Waals surface area contributed by atoms with Crippen LogP contribution < -0.4 is 0 Å². The number of hydrogen-bond donors (Lipinski definition) is 6. The van der Waals surface area contributed by atoms with E-state index in [9.17, 15) is 44.6 Å². The molecule has 1 aliphatic carbocycles. The molecule has 0 amide bonds. The van der Waals surface area contributed by atoms with E-state index in [1.807, 2.05) is 12.2 Å². The molecule has 1 rings (SSSR count). The van der Waals surface area contributed by atoms with Crippen molar-refractivity contribution in [2.45, 2.75) is 224 Å². The number of aliphatic hydroxyl groups excluding tert-OH is 5. The lowest BCUT2D eigenvalue weighted by Crippen LogP contribution is -2.64. The number of unbranched alkanes of at least 4 members (excludes halogenated alkanes) is 15. The van der Waals surface area contributed by atoms with Crippen molar-refractivity contribution in [2.24, 2.45) is 0 Å². The van der Waals surface area contributed by atoms with Crippen molar-refractivity contribution in [1.82, 2.24) is 0 Å². The zero-order valence-corrected chi connectivity index (χ0v) is 41.8. The number of allylic oxidation sites excluding steroid dienone is 14. The van der Waals surface area contributed by atoms with Gasteiger partial charge in [0.05, 0.1) is 6.61 Å². The molecule has 14 heteroatoms. The number of aliphatic hydroxyl groups is 5. The van der Waals surface area contributed by atoms with E-state index >= 15 is 0 Å². The van der Waals surface area contributed by atoms with Crippen molar-refractivity contribution in [2.75, 3.05) is 13.2 Å². The molecule has 8 atom stereocenters. The fraction of sp³-hybridized carbons (Fsp3) is 0.698. The van der Waals surface area contributed by atoms with E-state index < -0.39 is 75.7 Å². The Morgan fingerprint density at radius 1 is 0.463 bits per heavy atom. The Morgan fingerprint density at radius 3 is 1.30 bits per heavy atom. The van der Waals surface area contributed by atoms with Gasteiger partial charge in [-0.05, 0) is 89.9 Å². The highest BCUT2D eigenvalue weighted by molar-refractivity contribution is 7.47. The topological polar surface area (TPSA) is 210 Å². The molecular formula is C53H89O13P. The summed E-state index contributed by atoms with van der Waals surface area (Å²) in [7, 11) is -5.15. The van der Waals surface area contributed by atoms with Gasteiger partial charge in [-0.15, -0.1) is 0 Å². The van der Waals surface area contributed by atoms with Crippen molar-refractivity contribution < 1.29 is 63.1 Å². The first-order valence-corrected chi connectivity index (χ1v) is 26.9. The Bertz CT molecular complexity index is 1490. The van der Waals surface area contributed by atoms with Gasteiger partial charge in [0.15, 0.2) is 6.10 Å². The quantitative estimate of drug-likeness (QED) is 0.0146. The van der Waals surface area contributed by atoms with Gasteiger partial charge in [0.25, 0.3) is 0 Å². The van der Waals surface area contributed by atoms with Crippen LogP contribution in [0.15, 0.2) is 85.1 Å². The summed E-state index contributed by atoms with van der Waals surface area (Å²) < 4.78 is 33.5. The minimum absolute atomic E-state index is 0.0548. The fourth-order valence-corrected chi connectivity index (χ4v) is 8.08. The number of carbonyl (C=O) groups excluding carboxylic acids is 2. The maximum absolute atomic E-state index is 12.8. The summed E-state index contributed by atoms with van der Waals surface area (Å²) in [6.45, 7) is 3.21. The lowest BCUT2D eigenvalue weighted by atomic mass is 9.85. The van der Waals surface area contributed by atoms with E-state index in [1.165, 1.54) is 64.2 Å². The summed E-state index contributed by atoms with van der Waals surface area (Å²) in [5.41, 5.74) is 0. The molecule has 6 N–H and O–H groups in total. The van der Waals surface area contributed by atoms with Crippen LogP contribution in [0.1, 0.15) is 181 Å². The Hall–Kier alpha value is -2.97. The minimum atomic E-state index is -5.15. The molecule has 1 fully saturated rings. The molecule has 13 nitrogen and oxygen atoms in total. The Labute approximate surface area is 403 Å². The second-order valence-electron chi connectivity index (χ2n) is 17.3. The van der Waals surface area contributed by atoms with Gasteiger partial charge in [0, 0.05) is 12.8 Å². The van der Waals surface area contributed by atoms with Gasteiger partial charge in [-0.1, -0.05) is 163 Å². The molecule has 67 heavy (non-hydrogen) atoms. The summed E-state index contributed by atoms with van der Waals surface area (Å²) in [6.07, 6.45) is 42.1. The van der Waals surface area contributed by atoms with Crippen LogP contribution in [0.3, 0.4) is 0 Å². The number of ether oxygens (including phenoxy) is 2. The first-order chi connectivity index (χ1) is 32.4. The first kappa shape index (κ1) is 62.0. The monoisotopic (exact) mass is 965 g/mol. The molecule has 0 aromatic carbocycles. The lowest BCUT2D eigenvalue weighted by Gasteiger charge is -2.41. The molecule has 0 heterocycles. The fourth-order valence-electron chi connectivity index (χ4n) is 7.11. The molecule has 0 aliphatic heterocycles.